The number of anilines is 1. The van der Waals surface area contributed by atoms with E-state index in [1.165, 1.54) is 36.1 Å². The topological polar surface area (TPSA) is 34.0 Å². The van der Waals surface area contributed by atoms with Gasteiger partial charge in [0.05, 0.1) is 32.7 Å². The fourth-order valence-electron chi connectivity index (χ4n) is 6.94. The normalized spacial score (nSPS) is 35.9. The number of benzene rings is 1. The molecule has 2 aliphatic carbocycles. The van der Waals surface area contributed by atoms with Crippen molar-refractivity contribution < 1.29 is 14.4 Å². The molecule has 3 fully saturated rings. The van der Waals surface area contributed by atoms with Crippen LogP contribution in [0.4, 0.5) is 5.69 Å². The highest BCUT2D eigenvalue weighted by atomic mass is 16.6. The van der Waals surface area contributed by atoms with Crippen LogP contribution in [-0.2, 0) is 9.53 Å². The van der Waals surface area contributed by atoms with E-state index in [9.17, 15) is 4.79 Å². The number of hydrogen-bond acceptors (Lipinski definition) is 3. The van der Waals surface area contributed by atoms with Crippen molar-refractivity contribution in [3.05, 3.63) is 41.0 Å². The summed E-state index contributed by atoms with van der Waals surface area (Å²) < 4.78 is 5.98. The van der Waals surface area contributed by atoms with Crippen molar-refractivity contribution in [3.63, 3.8) is 0 Å². The second-order valence-electron chi connectivity index (χ2n) is 11.0. The molecule has 1 aromatic carbocycles. The van der Waals surface area contributed by atoms with Crippen molar-refractivity contribution >= 4 is 11.7 Å². The summed E-state index contributed by atoms with van der Waals surface area (Å²) in [6.07, 6.45) is 7.49. The van der Waals surface area contributed by atoms with Gasteiger partial charge >= 0.3 is 5.97 Å². The van der Waals surface area contributed by atoms with Crippen molar-refractivity contribution in [3.8, 4) is 0 Å². The Morgan fingerprint density at radius 1 is 1.23 bits per heavy atom. The molecule has 0 amide bonds. The van der Waals surface area contributed by atoms with Gasteiger partial charge in [0.25, 0.3) is 0 Å². The van der Waals surface area contributed by atoms with Crippen LogP contribution in [0, 0.1) is 37.0 Å². The second-order valence-corrected chi connectivity index (χ2v) is 11.0. The standard InChI is InChI=1S/C27H38N2O2/c1-18-7-5-9-24(20(18)3)29-13-11-28(12-14-29)17-22-21-15-23-19(2)8-6-10-27(23,4)16-25(21)31-26(22)30/h5,7,9,15,19,21-22,25H,6,8,10-14,16-17H2,1-4H3/p+1/t19-,21+,22-,25-,27-/m0/s1. The third kappa shape index (κ3) is 3.71. The molecule has 4 heteroatoms. The minimum absolute atomic E-state index is 0.0402. The van der Waals surface area contributed by atoms with Gasteiger partial charge in [0.1, 0.15) is 12.0 Å². The van der Waals surface area contributed by atoms with Gasteiger partial charge in [0.15, 0.2) is 0 Å². The lowest BCUT2D eigenvalue weighted by Crippen LogP contribution is -3.15. The number of hydrogen-bond donors (Lipinski definition) is 1. The zero-order valence-electron chi connectivity index (χ0n) is 19.7. The maximum absolute atomic E-state index is 12.9. The summed E-state index contributed by atoms with van der Waals surface area (Å²) in [5.41, 5.74) is 6.01. The Balaban J connectivity index is 1.27. The molecule has 4 aliphatic rings. The average molecular weight is 424 g/mol. The number of aryl methyl sites for hydroxylation is 1. The molecule has 1 N–H and O–H groups in total. The Labute approximate surface area is 187 Å². The third-order valence-corrected chi connectivity index (χ3v) is 8.98. The summed E-state index contributed by atoms with van der Waals surface area (Å²) >= 11 is 0. The summed E-state index contributed by atoms with van der Waals surface area (Å²) in [4.78, 5) is 17.0. The van der Waals surface area contributed by atoms with Crippen molar-refractivity contribution in [2.45, 2.75) is 59.5 Å². The summed E-state index contributed by atoms with van der Waals surface area (Å²) in [7, 11) is 0. The molecule has 0 unspecified atom stereocenters. The quantitative estimate of drug-likeness (QED) is 0.598. The molecule has 1 saturated carbocycles. The number of piperazine rings is 1. The first-order valence-corrected chi connectivity index (χ1v) is 12.4. The van der Waals surface area contributed by atoms with Crippen molar-refractivity contribution in [1.29, 1.82) is 0 Å². The summed E-state index contributed by atoms with van der Waals surface area (Å²) in [5.74, 6) is 1.05. The van der Waals surface area contributed by atoms with Crippen LogP contribution in [0.25, 0.3) is 0 Å². The number of rotatable bonds is 3. The maximum Gasteiger partial charge on any atom is 0.315 e. The Hall–Kier alpha value is -1.81. The van der Waals surface area contributed by atoms with Gasteiger partial charge in [0, 0.05) is 11.6 Å². The summed E-state index contributed by atoms with van der Waals surface area (Å²) in [6.45, 7) is 14.5. The van der Waals surface area contributed by atoms with E-state index in [4.69, 9.17) is 4.74 Å². The fraction of sp³-hybridized carbons (Fsp3) is 0.667. The fourth-order valence-corrected chi connectivity index (χ4v) is 6.94. The first-order chi connectivity index (χ1) is 14.9. The first kappa shape index (κ1) is 21.1. The number of allylic oxidation sites excluding steroid dienone is 1. The molecular weight excluding hydrogens is 384 g/mol. The van der Waals surface area contributed by atoms with Gasteiger partial charge in [-0.3, -0.25) is 4.79 Å². The molecule has 168 valence electrons. The number of carbonyl (C=O) groups excluding carboxylic acids is 1. The van der Waals surface area contributed by atoms with Gasteiger partial charge in [-0.2, -0.15) is 0 Å². The predicted octanol–water partition coefficient (Wildman–Crippen LogP) is 3.32. The summed E-state index contributed by atoms with van der Waals surface area (Å²) in [6, 6.07) is 6.62. The van der Waals surface area contributed by atoms with E-state index in [2.05, 4.69) is 56.9 Å². The lowest BCUT2D eigenvalue weighted by Gasteiger charge is -2.46. The molecule has 0 spiro atoms. The average Bonchev–Trinajstić information content (AvgIpc) is 3.03. The molecule has 0 aromatic heterocycles. The Morgan fingerprint density at radius 3 is 2.77 bits per heavy atom. The largest absolute Gasteiger partial charge is 0.461 e. The highest BCUT2D eigenvalue weighted by Crippen LogP contribution is 2.53. The van der Waals surface area contributed by atoms with Gasteiger partial charge in [-0.25, -0.2) is 0 Å². The molecule has 0 radical (unpaired) electrons. The molecule has 5 atom stereocenters. The molecule has 0 bridgehead atoms. The van der Waals surface area contributed by atoms with Gasteiger partial charge in [0.2, 0.25) is 0 Å². The van der Waals surface area contributed by atoms with Gasteiger partial charge in [-0.15, -0.1) is 0 Å². The maximum atomic E-state index is 12.9. The minimum atomic E-state index is 0.0402. The van der Waals surface area contributed by atoms with Crippen LogP contribution in [0.1, 0.15) is 50.7 Å². The molecule has 1 aromatic rings. The zero-order valence-corrected chi connectivity index (χ0v) is 19.7. The van der Waals surface area contributed by atoms with Crippen molar-refractivity contribution in [1.82, 2.24) is 0 Å². The number of nitrogens with one attached hydrogen (secondary N) is 1. The SMILES string of the molecule is Cc1cccc(N2CC[NH+](C[C@@H]3C(=O)O[C@H]4C[C@]5(C)CCC[C@H](C)C5=C[C@@H]43)CC2)c1C. The van der Waals surface area contributed by atoms with E-state index in [0.717, 1.165) is 39.1 Å². The number of esters is 1. The van der Waals surface area contributed by atoms with E-state index < -0.39 is 0 Å². The number of fused-ring (bicyclic) bond motifs is 2. The van der Waals surface area contributed by atoms with Crippen molar-refractivity contribution in [2.24, 2.45) is 23.2 Å². The number of nitrogens with zero attached hydrogens (tertiary/aromatic N) is 1. The Morgan fingerprint density at radius 2 is 2.00 bits per heavy atom. The van der Waals surface area contributed by atoms with Crippen LogP contribution in [-0.4, -0.2) is 44.8 Å². The van der Waals surface area contributed by atoms with Gasteiger partial charge in [-0.05, 0) is 61.6 Å². The molecular formula is C27H39N2O2+. The van der Waals surface area contributed by atoms with E-state index in [1.807, 2.05) is 0 Å². The van der Waals surface area contributed by atoms with Crippen LogP contribution >= 0.6 is 0 Å². The highest BCUT2D eigenvalue weighted by Gasteiger charge is 2.52. The lowest BCUT2D eigenvalue weighted by molar-refractivity contribution is -0.903. The lowest BCUT2D eigenvalue weighted by atomic mass is 9.59. The Kier molecular flexibility index (Phi) is 5.40. The zero-order chi connectivity index (χ0) is 21.8. The van der Waals surface area contributed by atoms with E-state index in [1.54, 1.807) is 10.5 Å². The number of carbonyl (C=O) groups is 1. The number of ether oxygens (including phenoxy) is 1. The summed E-state index contributed by atoms with van der Waals surface area (Å²) in [5, 5.41) is 0. The molecule has 2 heterocycles. The predicted molar refractivity (Wildman–Crippen MR) is 124 cm³/mol. The minimum Gasteiger partial charge on any atom is -0.461 e. The number of quaternary nitrogens is 1. The van der Waals surface area contributed by atoms with Gasteiger partial charge in [-0.1, -0.05) is 44.1 Å². The third-order valence-electron chi connectivity index (χ3n) is 8.98. The molecule has 2 aliphatic heterocycles. The first-order valence-electron chi connectivity index (χ1n) is 12.4. The molecule has 2 saturated heterocycles. The molecule has 4 nitrogen and oxygen atoms in total. The van der Waals surface area contributed by atoms with Gasteiger partial charge < -0.3 is 14.5 Å². The van der Waals surface area contributed by atoms with E-state index in [0.29, 0.717) is 11.8 Å². The Bertz CT molecular complexity index is 885. The van der Waals surface area contributed by atoms with Crippen LogP contribution in [0.5, 0.6) is 0 Å². The van der Waals surface area contributed by atoms with Crippen LogP contribution in [0.2, 0.25) is 0 Å². The molecule has 31 heavy (non-hydrogen) atoms. The second kappa shape index (κ2) is 7.95. The monoisotopic (exact) mass is 423 g/mol. The van der Waals surface area contributed by atoms with Crippen LogP contribution in [0.3, 0.4) is 0 Å². The van der Waals surface area contributed by atoms with Crippen LogP contribution < -0.4 is 9.80 Å². The van der Waals surface area contributed by atoms with E-state index in [-0.39, 0.29) is 23.4 Å². The van der Waals surface area contributed by atoms with Crippen LogP contribution in [0.15, 0.2) is 29.8 Å². The smallest absolute Gasteiger partial charge is 0.315 e. The van der Waals surface area contributed by atoms with Crippen molar-refractivity contribution in [2.75, 3.05) is 37.6 Å². The highest BCUT2D eigenvalue weighted by molar-refractivity contribution is 5.76. The van der Waals surface area contributed by atoms with E-state index >= 15 is 0 Å². The molecule has 5 rings (SSSR count).